The maximum Gasteiger partial charge on any atom is 0.338 e. The Morgan fingerprint density at radius 2 is 1.89 bits per heavy atom. The van der Waals surface area contributed by atoms with E-state index in [1.807, 2.05) is 0 Å². The molecule has 1 N–H and O–H groups in total. The first kappa shape index (κ1) is 21.2. The Bertz CT molecular complexity index is 790. The van der Waals surface area contributed by atoms with Gasteiger partial charge in [-0.1, -0.05) is 0 Å². The summed E-state index contributed by atoms with van der Waals surface area (Å²) >= 11 is 1.23. The summed E-state index contributed by atoms with van der Waals surface area (Å²) in [5.41, 5.74) is 0.821. The highest BCUT2D eigenvalue weighted by Gasteiger charge is 2.28. The Balaban J connectivity index is 1.69. The summed E-state index contributed by atoms with van der Waals surface area (Å²) in [5.74, 6) is -1.30. The van der Waals surface area contributed by atoms with E-state index in [-0.39, 0.29) is 29.1 Å². The van der Waals surface area contributed by atoms with E-state index in [1.54, 1.807) is 19.1 Å². The Morgan fingerprint density at radius 3 is 2.48 bits per heavy atom. The zero-order chi connectivity index (χ0) is 19.9. The van der Waals surface area contributed by atoms with Gasteiger partial charge in [0.2, 0.25) is 0 Å². The number of rotatable bonds is 8. The fourth-order valence-electron chi connectivity index (χ4n) is 2.37. The molecular weight excluding hydrogens is 394 g/mol. The van der Waals surface area contributed by atoms with Gasteiger partial charge in [0.25, 0.3) is 5.91 Å². The molecule has 1 amide bonds. The topological polar surface area (TPSA) is 116 Å². The van der Waals surface area contributed by atoms with Crippen LogP contribution < -0.4 is 5.32 Å². The lowest BCUT2D eigenvalue weighted by molar-refractivity contribution is -0.144. The maximum absolute atomic E-state index is 11.8. The van der Waals surface area contributed by atoms with E-state index in [0.29, 0.717) is 17.7 Å². The first-order valence-corrected chi connectivity index (χ1v) is 11.2. The Hall–Kier alpha value is -2.07. The number of carbonyl (C=O) groups excluding carboxylic acids is 3. The van der Waals surface area contributed by atoms with Crippen LogP contribution in [0, 0.1) is 0 Å². The summed E-state index contributed by atoms with van der Waals surface area (Å²) in [5, 5.41) is 2.45. The number of anilines is 1. The molecule has 27 heavy (non-hydrogen) atoms. The van der Waals surface area contributed by atoms with Crippen molar-refractivity contribution < 1.29 is 32.3 Å². The number of ether oxygens (including phenoxy) is 2. The van der Waals surface area contributed by atoms with Gasteiger partial charge >= 0.3 is 11.9 Å². The van der Waals surface area contributed by atoms with Gasteiger partial charge < -0.3 is 14.8 Å². The van der Waals surface area contributed by atoms with Crippen molar-refractivity contribution in [3.63, 3.8) is 0 Å². The molecule has 0 unspecified atom stereocenters. The van der Waals surface area contributed by atoms with Gasteiger partial charge in [-0.3, -0.25) is 9.59 Å². The molecule has 1 aromatic carbocycles. The number of hydrogen-bond donors (Lipinski definition) is 1. The second-order valence-corrected chi connectivity index (χ2v) is 9.36. The van der Waals surface area contributed by atoms with E-state index in [0.717, 1.165) is 0 Å². The lowest BCUT2D eigenvalue weighted by atomic mass is 10.2. The molecule has 0 spiro atoms. The number of carbonyl (C=O) groups is 3. The zero-order valence-electron chi connectivity index (χ0n) is 14.8. The van der Waals surface area contributed by atoms with Crippen molar-refractivity contribution >= 4 is 45.1 Å². The van der Waals surface area contributed by atoms with Gasteiger partial charge in [0.1, 0.15) is 0 Å². The normalized spacial score (nSPS) is 17.9. The Morgan fingerprint density at radius 1 is 1.19 bits per heavy atom. The average molecular weight is 415 g/mol. The van der Waals surface area contributed by atoms with E-state index in [2.05, 4.69) is 5.32 Å². The fourth-order valence-corrected chi connectivity index (χ4v) is 5.81. The molecule has 1 saturated heterocycles. The van der Waals surface area contributed by atoms with Crippen LogP contribution in [0.5, 0.6) is 0 Å². The predicted molar refractivity (Wildman–Crippen MR) is 102 cm³/mol. The summed E-state index contributed by atoms with van der Waals surface area (Å²) in [6.45, 7) is 1.54. The molecular formula is C17H21NO7S2. The summed E-state index contributed by atoms with van der Waals surface area (Å²) in [4.78, 5) is 35.0. The molecule has 1 fully saturated rings. The van der Waals surface area contributed by atoms with Crippen LogP contribution in [0.25, 0.3) is 0 Å². The van der Waals surface area contributed by atoms with Gasteiger partial charge in [-0.2, -0.15) is 0 Å². The molecule has 148 valence electrons. The average Bonchev–Trinajstić information content (AvgIpc) is 2.98. The summed E-state index contributed by atoms with van der Waals surface area (Å²) in [6, 6.07) is 6.13. The highest BCUT2D eigenvalue weighted by molar-refractivity contribution is 8.02. The Labute approximate surface area is 161 Å². The van der Waals surface area contributed by atoms with Gasteiger partial charge in [-0.25, -0.2) is 13.2 Å². The molecule has 0 aliphatic carbocycles. The smallest absolute Gasteiger partial charge is 0.338 e. The van der Waals surface area contributed by atoms with Gasteiger partial charge in [0.05, 0.1) is 29.4 Å². The van der Waals surface area contributed by atoms with Crippen molar-refractivity contribution in [2.24, 2.45) is 0 Å². The number of hydrogen-bond acceptors (Lipinski definition) is 8. The standard InChI is InChI=1S/C17H21NO7S2/c1-2-24-17(21)12-3-5-13(6-4-12)18-15(19)9-25-16(20)10-26-14-7-8-27(22,23)11-14/h3-6,14H,2,7-11H2,1H3,(H,18,19)/t14-/m0/s1. The third kappa shape index (κ3) is 7.22. The number of thioether (sulfide) groups is 1. The second-order valence-electron chi connectivity index (χ2n) is 5.84. The van der Waals surface area contributed by atoms with E-state index in [4.69, 9.17) is 9.47 Å². The van der Waals surface area contributed by atoms with Crippen molar-refractivity contribution in [3.05, 3.63) is 29.8 Å². The highest BCUT2D eigenvalue weighted by atomic mass is 32.2. The predicted octanol–water partition coefficient (Wildman–Crippen LogP) is 1.27. The minimum absolute atomic E-state index is 0.00169. The summed E-state index contributed by atoms with van der Waals surface area (Å²) < 4.78 is 32.5. The molecule has 0 radical (unpaired) electrons. The van der Waals surface area contributed by atoms with E-state index in [9.17, 15) is 22.8 Å². The largest absolute Gasteiger partial charge is 0.462 e. The van der Waals surface area contributed by atoms with Crippen LogP contribution in [0.1, 0.15) is 23.7 Å². The first-order valence-electron chi connectivity index (χ1n) is 8.34. The molecule has 10 heteroatoms. The molecule has 0 aromatic heterocycles. The van der Waals surface area contributed by atoms with E-state index < -0.39 is 34.3 Å². The van der Waals surface area contributed by atoms with Crippen molar-refractivity contribution in [3.8, 4) is 0 Å². The molecule has 1 aromatic rings. The monoisotopic (exact) mass is 415 g/mol. The van der Waals surface area contributed by atoms with Crippen molar-refractivity contribution in [1.29, 1.82) is 0 Å². The highest BCUT2D eigenvalue weighted by Crippen LogP contribution is 2.24. The first-order chi connectivity index (χ1) is 12.8. The number of sulfone groups is 1. The van der Waals surface area contributed by atoms with E-state index in [1.165, 1.54) is 23.9 Å². The van der Waals surface area contributed by atoms with Crippen molar-refractivity contribution in [2.45, 2.75) is 18.6 Å². The van der Waals surface area contributed by atoms with Crippen molar-refractivity contribution in [1.82, 2.24) is 0 Å². The molecule has 1 atom stereocenters. The molecule has 2 rings (SSSR count). The van der Waals surface area contributed by atoms with Gasteiger partial charge in [0.15, 0.2) is 16.4 Å². The molecule has 1 aliphatic rings. The van der Waals surface area contributed by atoms with Crippen LogP contribution >= 0.6 is 11.8 Å². The second kappa shape index (κ2) is 9.75. The number of amides is 1. The van der Waals surface area contributed by atoms with Gasteiger partial charge in [-0.15, -0.1) is 11.8 Å². The summed E-state index contributed by atoms with van der Waals surface area (Å²) in [7, 11) is -2.98. The van der Waals surface area contributed by atoms with Crippen LogP contribution in [0.15, 0.2) is 24.3 Å². The molecule has 1 heterocycles. The number of esters is 2. The van der Waals surface area contributed by atoms with Gasteiger partial charge in [0, 0.05) is 10.9 Å². The van der Waals surface area contributed by atoms with Crippen molar-refractivity contribution in [2.75, 3.05) is 35.8 Å². The van der Waals surface area contributed by atoms with Gasteiger partial charge in [-0.05, 0) is 37.6 Å². The third-order valence-electron chi connectivity index (χ3n) is 3.67. The van der Waals surface area contributed by atoms with Crippen LogP contribution in [-0.4, -0.2) is 62.0 Å². The van der Waals surface area contributed by atoms with Crippen LogP contribution in [0.2, 0.25) is 0 Å². The number of benzene rings is 1. The lowest BCUT2D eigenvalue weighted by Crippen LogP contribution is -2.22. The molecule has 1 aliphatic heterocycles. The van der Waals surface area contributed by atoms with E-state index >= 15 is 0 Å². The zero-order valence-corrected chi connectivity index (χ0v) is 16.4. The minimum atomic E-state index is -2.98. The number of nitrogens with one attached hydrogen (secondary N) is 1. The minimum Gasteiger partial charge on any atom is -0.462 e. The molecule has 0 saturated carbocycles. The Kier molecular flexibility index (Phi) is 7.66. The fraction of sp³-hybridized carbons (Fsp3) is 0.471. The molecule has 8 nitrogen and oxygen atoms in total. The van der Waals surface area contributed by atoms with Crippen LogP contribution in [0.3, 0.4) is 0 Å². The summed E-state index contributed by atoms with van der Waals surface area (Å²) in [6.07, 6.45) is 0.530. The molecule has 0 bridgehead atoms. The SMILES string of the molecule is CCOC(=O)c1ccc(NC(=O)COC(=O)CS[C@H]2CCS(=O)(=O)C2)cc1. The van der Waals surface area contributed by atoms with Crippen LogP contribution in [0.4, 0.5) is 5.69 Å². The van der Waals surface area contributed by atoms with Crippen LogP contribution in [-0.2, 0) is 28.9 Å². The quantitative estimate of drug-likeness (QED) is 0.631. The third-order valence-corrected chi connectivity index (χ3v) is 6.93. The lowest BCUT2D eigenvalue weighted by Gasteiger charge is -2.09. The maximum atomic E-state index is 11.8.